The van der Waals surface area contributed by atoms with E-state index in [1.54, 1.807) is 76.8 Å². The molecule has 2 unspecified atom stereocenters. The van der Waals surface area contributed by atoms with Gasteiger partial charge in [-0.2, -0.15) is 0 Å². The molecule has 7 N–H and O–H groups in total. The fourth-order valence-electron chi connectivity index (χ4n) is 12.5. The van der Waals surface area contributed by atoms with Crippen LogP contribution >= 0.6 is 0 Å². The number of nitrogens with two attached hydrogens (primary N) is 1. The maximum absolute atomic E-state index is 13.4. The van der Waals surface area contributed by atoms with Crippen LogP contribution in [-0.2, 0) is 52.6 Å². The van der Waals surface area contributed by atoms with Gasteiger partial charge in [0, 0.05) is 48.5 Å². The molecule has 0 saturated carbocycles. The van der Waals surface area contributed by atoms with Crippen molar-refractivity contribution in [2.45, 2.75) is 84.3 Å². The van der Waals surface area contributed by atoms with E-state index in [4.69, 9.17) is 49.1 Å². The zero-order valence-corrected chi connectivity index (χ0v) is 58.5. The highest BCUT2D eigenvalue weighted by Crippen LogP contribution is 2.41. The standard InChI is InChI=1S/C27H26N4O6.C26H25N3O6.C26H26N2O5/c1-3-28-27(34)30-25(32)16(2)37-26(33)23-20-11-4-5-13-22(20)29-24-18(9-7-12-21(23)24)14-17-8-6-10-19(15-17)31(35)36;1-14(24(30)29-26(27)32)35-25(31)22-17-6-4-5-7-19(17)28-23-16(9-10-18(22)23)12-15-8-11-20(33-2)21(13-15)34-3;1-32-14-13-27-23(30)16-33-26(31)24-20-6-2-3-8-22(20)28-25-18(5-4-7-21(24)25)15-17-9-11-19(29)12-10-17/h4-6,8,10-11,13-16H,3,7,9,12H2,1-2H3,(H2,28,30,32,34);4-8,11-14H,9-10H2,1-3H3,(H3,27,29,30,32);2-3,6,8-12,15,29H,4-5,7,13-14,16H2,1H3,(H,27,30)/b18-14+;16-12+;18-15+. The van der Waals surface area contributed by atoms with Crippen molar-refractivity contribution in [3.8, 4) is 17.2 Å². The van der Waals surface area contributed by atoms with Gasteiger partial charge in [0.25, 0.3) is 23.4 Å². The van der Waals surface area contributed by atoms with Crippen molar-refractivity contribution in [2.75, 3.05) is 47.6 Å². The van der Waals surface area contributed by atoms with Gasteiger partial charge in [-0.15, -0.1) is 0 Å². The largest absolute Gasteiger partial charge is 0.508 e. The summed E-state index contributed by atoms with van der Waals surface area (Å²) in [5, 5.41) is 31.9. The maximum atomic E-state index is 13.4. The zero-order chi connectivity index (χ0) is 74.8. The number of methoxy groups -OCH3 is 3. The van der Waals surface area contributed by atoms with Crippen LogP contribution in [0.5, 0.6) is 17.2 Å². The van der Waals surface area contributed by atoms with E-state index < -0.39 is 58.9 Å². The number of nitrogens with zero attached hydrogens (tertiary/aromatic N) is 4. The number of urea groups is 2. The molecule has 26 nitrogen and oxygen atoms in total. The number of nitro benzene ring substituents is 1. The van der Waals surface area contributed by atoms with Gasteiger partial charge in [-0.1, -0.05) is 84.9 Å². The third-order valence-electron chi connectivity index (χ3n) is 17.4. The Balaban J connectivity index is 0.000000169. The summed E-state index contributed by atoms with van der Waals surface area (Å²) in [6, 6.07) is 39.1. The number of phenolic OH excluding ortho intramolecular Hbond substituents is 1. The van der Waals surface area contributed by atoms with E-state index >= 15 is 0 Å². The van der Waals surface area contributed by atoms with Crippen LogP contribution in [-0.4, -0.2) is 133 Å². The number of carbonyl (C=O) groups excluding carboxylic acids is 8. The summed E-state index contributed by atoms with van der Waals surface area (Å²) >= 11 is 0. The summed E-state index contributed by atoms with van der Waals surface area (Å²) in [4.78, 5) is 124. The topological polar surface area (TPSA) is 368 Å². The number of allylic oxidation sites excluding steroid dienone is 3. The van der Waals surface area contributed by atoms with E-state index in [0.717, 1.165) is 63.9 Å². The number of hydrogen-bond acceptors (Lipinski definition) is 20. The van der Waals surface area contributed by atoms with E-state index in [2.05, 4.69) is 16.0 Å². The molecule has 0 aliphatic heterocycles. The number of nitrogens with one attached hydrogen (secondary N) is 4. The monoisotopic (exact) mass is 1420 g/mol. The number of phenols is 1. The molecule has 3 aliphatic rings. The molecule has 9 aromatic rings. The number of ether oxygens (including phenoxy) is 6. The van der Waals surface area contributed by atoms with Crippen LogP contribution in [0.4, 0.5) is 15.3 Å². The molecule has 7 amide bonds. The summed E-state index contributed by atoms with van der Waals surface area (Å²) < 4.78 is 31.9. The van der Waals surface area contributed by atoms with Gasteiger partial charge in [-0.3, -0.25) is 35.1 Å². The van der Waals surface area contributed by atoms with Gasteiger partial charge < -0.3 is 49.9 Å². The Morgan fingerprint density at radius 3 is 1.53 bits per heavy atom. The smallest absolute Gasteiger partial charge is 0.339 e. The first kappa shape index (κ1) is 75.0. The number of primary amides is 1. The molecule has 105 heavy (non-hydrogen) atoms. The molecule has 2 atom stereocenters. The van der Waals surface area contributed by atoms with Crippen molar-refractivity contribution in [1.82, 2.24) is 36.2 Å². The quantitative estimate of drug-likeness (QED) is 0.0144. The number of imide groups is 2. The molecule has 0 saturated heterocycles. The highest BCUT2D eigenvalue weighted by Gasteiger charge is 2.33. The summed E-state index contributed by atoms with van der Waals surface area (Å²) in [6.07, 6.45) is 9.13. The number of rotatable bonds is 19. The van der Waals surface area contributed by atoms with Gasteiger partial charge in [0.05, 0.1) is 76.1 Å². The molecular weight excluding hydrogens is 1350 g/mol. The Bertz CT molecular complexity index is 4970. The number of esters is 3. The number of benzene rings is 6. The van der Waals surface area contributed by atoms with Gasteiger partial charge >= 0.3 is 30.0 Å². The average molecular weight is 1420 g/mol. The lowest BCUT2D eigenvalue weighted by atomic mass is 9.86. The number of pyridine rings is 3. The number of aromatic hydroxyl groups is 1. The SMILES string of the molecule is CCNC(=O)NC(=O)C(C)OC(=O)c1c2c(nc3ccccc13)/C(=C/c1cccc([N+](=O)[O-])c1)CCC2.COCCNC(=O)COC(=O)c1c2c(nc3ccccc13)/C(=C/c1ccc(O)cc1)CCC2.COc1ccc(/C=C2\CCc3c2nc2ccccc2c3C(=O)OC(C)C(=O)NC(N)=O)cc1OC. The number of hydrogen-bond donors (Lipinski definition) is 6. The summed E-state index contributed by atoms with van der Waals surface area (Å²) in [5.74, 6) is -2.35. The van der Waals surface area contributed by atoms with Crippen molar-refractivity contribution in [3.05, 3.63) is 217 Å². The lowest BCUT2D eigenvalue weighted by Gasteiger charge is -2.23. The maximum Gasteiger partial charge on any atom is 0.339 e. The summed E-state index contributed by atoms with van der Waals surface area (Å²) in [5.41, 5.74) is 17.8. The van der Waals surface area contributed by atoms with Crippen LogP contribution in [0.3, 0.4) is 0 Å². The van der Waals surface area contributed by atoms with Crippen molar-refractivity contribution in [2.24, 2.45) is 5.73 Å². The van der Waals surface area contributed by atoms with E-state index in [1.165, 1.54) is 26.0 Å². The number of nitro groups is 1. The minimum atomic E-state index is -1.21. The molecule has 0 radical (unpaired) electrons. The summed E-state index contributed by atoms with van der Waals surface area (Å²) in [7, 11) is 4.71. The Morgan fingerprint density at radius 1 is 0.552 bits per heavy atom. The average Bonchev–Trinajstić information content (AvgIpc) is 1.31. The number of carbonyl (C=O) groups is 8. The van der Waals surface area contributed by atoms with Crippen LogP contribution in [0, 0.1) is 10.1 Å². The molecular formula is C79H77N9O17. The number of amides is 7. The number of para-hydroxylation sites is 3. The molecule has 0 bridgehead atoms. The van der Waals surface area contributed by atoms with Crippen LogP contribution in [0.2, 0.25) is 0 Å². The molecule has 12 rings (SSSR count). The first-order chi connectivity index (χ1) is 50.7. The minimum absolute atomic E-state index is 0.0130. The first-order valence-corrected chi connectivity index (χ1v) is 33.8. The van der Waals surface area contributed by atoms with Crippen molar-refractivity contribution >= 4 is 121 Å². The Kier molecular flexibility index (Phi) is 24.8. The van der Waals surface area contributed by atoms with Gasteiger partial charge in [-0.05, 0) is 183 Å². The highest BCUT2D eigenvalue weighted by molar-refractivity contribution is 6.10. The van der Waals surface area contributed by atoms with Crippen LogP contribution < -0.4 is 36.5 Å². The fraction of sp³-hybridized carbons (Fsp3) is 0.253. The Morgan fingerprint density at radius 2 is 1.03 bits per heavy atom. The van der Waals surface area contributed by atoms with Crippen molar-refractivity contribution in [1.29, 1.82) is 0 Å². The predicted molar refractivity (Wildman–Crippen MR) is 394 cm³/mol. The Labute approximate surface area is 603 Å². The second-order valence-corrected chi connectivity index (χ2v) is 24.5. The van der Waals surface area contributed by atoms with E-state index in [0.29, 0.717) is 135 Å². The number of aromatic nitrogens is 3. The zero-order valence-electron chi connectivity index (χ0n) is 58.5. The van der Waals surface area contributed by atoms with Crippen LogP contribution in [0.1, 0.15) is 134 Å². The van der Waals surface area contributed by atoms with Crippen molar-refractivity contribution in [3.63, 3.8) is 0 Å². The lowest BCUT2D eigenvalue weighted by molar-refractivity contribution is -0.384. The van der Waals surface area contributed by atoms with Gasteiger partial charge in [0.2, 0.25) is 0 Å². The first-order valence-electron chi connectivity index (χ1n) is 33.8. The Hall–Kier alpha value is -12.7. The van der Waals surface area contributed by atoms with Crippen molar-refractivity contribution < 1.29 is 76.8 Å². The second-order valence-electron chi connectivity index (χ2n) is 24.5. The molecule has 3 aliphatic carbocycles. The molecule has 26 heteroatoms. The van der Waals surface area contributed by atoms with E-state index in [1.807, 2.05) is 102 Å². The molecule has 3 heterocycles. The van der Waals surface area contributed by atoms with Crippen LogP contribution in [0.25, 0.3) is 67.7 Å². The predicted octanol–water partition coefficient (Wildman–Crippen LogP) is 11.6. The third-order valence-corrected chi connectivity index (χ3v) is 17.4. The normalized spacial score (nSPS) is 14.3. The highest BCUT2D eigenvalue weighted by atomic mass is 16.6. The molecule has 3 aromatic heterocycles. The van der Waals surface area contributed by atoms with Gasteiger partial charge in [-0.25, -0.2) is 38.9 Å². The van der Waals surface area contributed by atoms with E-state index in [-0.39, 0.29) is 24.0 Å². The fourth-order valence-corrected chi connectivity index (χ4v) is 12.5. The summed E-state index contributed by atoms with van der Waals surface area (Å²) in [6.45, 7) is 5.22. The van der Waals surface area contributed by atoms with E-state index in [9.17, 15) is 53.6 Å². The number of non-ortho nitro benzene ring substituents is 1. The molecule has 0 spiro atoms. The second kappa shape index (κ2) is 34.8. The van der Waals surface area contributed by atoms with Crippen LogP contribution in [0.15, 0.2) is 140 Å². The third kappa shape index (κ3) is 18.3. The van der Waals surface area contributed by atoms with Gasteiger partial charge in [0.1, 0.15) is 5.75 Å². The van der Waals surface area contributed by atoms with Gasteiger partial charge in [0.15, 0.2) is 30.3 Å². The number of fused-ring (bicyclic) bond motifs is 6. The minimum Gasteiger partial charge on any atom is -0.508 e. The lowest BCUT2D eigenvalue weighted by Crippen LogP contribution is -2.44. The molecule has 6 aromatic carbocycles. The molecule has 540 valence electrons. The molecule has 0 fully saturated rings.